The van der Waals surface area contributed by atoms with Gasteiger partial charge in [-0.15, -0.1) is 0 Å². The lowest BCUT2D eigenvalue weighted by Gasteiger charge is -2.10. The number of carbonyl (C=O) groups excluding carboxylic acids is 3. The van der Waals surface area contributed by atoms with Crippen LogP contribution in [0.25, 0.3) is 0 Å². The van der Waals surface area contributed by atoms with Crippen molar-refractivity contribution in [3.63, 3.8) is 0 Å². The van der Waals surface area contributed by atoms with Gasteiger partial charge in [-0.3, -0.25) is 19.7 Å². The maximum absolute atomic E-state index is 12.6. The van der Waals surface area contributed by atoms with Crippen molar-refractivity contribution in [3.05, 3.63) is 129 Å². The summed E-state index contributed by atoms with van der Waals surface area (Å²) in [5.41, 5.74) is 5.23. The molecule has 206 valence electrons. The Morgan fingerprint density at radius 1 is 0.829 bits per heavy atom. The molecule has 0 unspecified atom stereocenters. The Morgan fingerprint density at radius 2 is 1.54 bits per heavy atom. The number of methoxy groups -OCH3 is 1. The molecule has 0 aromatic heterocycles. The molecule has 0 aliphatic carbocycles. The third-order valence-electron chi connectivity index (χ3n) is 5.78. The van der Waals surface area contributed by atoms with E-state index in [1.165, 1.54) is 49.7 Å². The van der Waals surface area contributed by atoms with Crippen LogP contribution < -0.4 is 20.2 Å². The van der Waals surface area contributed by atoms with Crippen LogP contribution in [0.4, 0.5) is 11.4 Å². The molecule has 0 saturated carbocycles. The van der Waals surface area contributed by atoms with Gasteiger partial charge < -0.3 is 14.8 Å². The number of esters is 1. The quantitative estimate of drug-likeness (QED) is 0.0959. The molecular formula is C30H24N4O7. The minimum Gasteiger partial charge on any atom is -0.493 e. The molecule has 11 heteroatoms. The van der Waals surface area contributed by atoms with Crippen LogP contribution in [-0.4, -0.2) is 36.0 Å². The van der Waals surface area contributed by atoms with E-state index < -0.39 is 16.8 Å². The number of non-ortho nitro benzene ring substituents is 1. The number of aryl methyl sites for hydroxylation is 1. The summed E-state index contributed by atoms with van der Waals surface area (Å²) in [4.78, 5) is 47.8. The van der Waals surface area contributed by atoms with E-state index >= 15 is 0 Å². The van der Waals surface area contributed by atoms with Gasteiger partial charge in [-0.05, 0) is 73.2 Å². The molecule has 4 aromatic rings. The van der Waals surface area contributed by atoms with Crippen molar-refractivity contribution >= 4 is 35.4 Å². The molecular weight excluding hydrogens is 528 g/mol. The second-order valence-electron chi connectivity index (χ2n) is 8.70. The molecule has 0 radical (unpaired) electrons. The normalized spacial score (nSPS) is 10.6. The molecule has 0 spiro atoms. The molecule has 0 bridgehead atoms. The van der Waals surface area contributed by atoms with Gasteiger partial charge in [-0.25, -0.2) is 10.2 Å². The van der Waals surface area contributed by atoms with Crippen molar-refractivity contribution in [2.45, 2.75) is 6.92 Å². The molecule has 41 heavy (non-hydrogen) atoms. The van der Waals surface area contributed by atoms with Gasteiger partial charge in [0, 0.05) is 28.9 Å². The predicted molar refractivity (Wildman–Crippen MR) is 152 cm³/mol. The molecule has 0 heterocycles. The van der Waals surface area contributed by atoms with Gasteiger partial charge in [0.1, 0.15) is 0 Å². The van der Waals surface area contributed by atoms with E-state index in [4.69, 9.17) is 9.47 Å². The zero-order valence-electron chi connectivity index (χ0n) is 22.0. The van der Waals surface area contributed by atoms with Crippen LogP contribution in [0.3, 0.4) is 0 Å². The van der Waals surface area contributed by atoms with Crippen molar-refractivity contribution in [2.75, 3.05) is 12.4 Å². The van der Waals surface area contributed by atoms with Crippen LogP contribution in [0.2, 0.25) is 0 Å². The molecule has 0 fully saturated rings. The Balaban J connectivity index is 1.37. The van der Waals surface area contributed by atoms with Crippen LogP contribution in [0.15, 0.2) is 96.1 Å². The molecule has 0 atom stereocenters. The number of benzene rings is 4. The second-order valence-corrected chi connectivity index (χ2v) is 8.70. The van der Waals surface area contributed by atoms with Crippen molar-refractivity contribution < 1.29 is 28.8 Å². The third-order valence-corrected chi connectivity index (χ3v) is 5.78. The first-order valence-corrected chi connectivity index (χ1v) is 12.2. The Hall–Kier alpha value is -5.84. The van der Waals surface area contributed by atoms with Gasteiger partial charge >= 0.3 is 5.97 Å². The average molecular weight is 553 g/mol. The number of amides is 2. The van der Waals surface area contributed by atoms with E-state index in [0.717, 1.165) is 5.56 Å². The number of hydrazone groups is 1. The molecule has 11 nitrogen and oxygen atoms in total. The molecule has 2 amide bonds. The zero-order valence-corrected chi connectivity index (χ0v) is 22.0. The number of nitro groups is 1. The first kappa shape index (κ1) is 28.2. The Kier molecular flexibility index (Phi) is 8.80. The fourth-order valence-corrected chi connectivity index (χ4v) is 3.60. The molecule has 4 rings (SSSR count). The molecule has 0 saturated heterocycles. The maximum Gasteiger partial charge on any atom is 0.343 e. The van der Waals surface area contributed by atoms with Crippen LogP contribution in [0, 0.1) is 17.0 Å². The third kappa shape index (κ3) is 7.39. The van der Waals surface area contributed by atoms with E-state index in [-0.39, 0.29) is 34.2 Å². The summed E-state index contributed by atoms with van der Waals surface area (Å²) in [5.74, 6) is -1.15. The van der Waals surface area contributed by atoms with Crippen molar-refractivity contribution in [1.29, 1.82) is 0 Å². The lowest BCUT2D eigenvalue weighted by molar-refractivity contribution is -0.384. The lowest BCUT2D eigenvalue weighted by Crippen LogP contribution is -2.18. The molecule has 2 N–H and O–H groups in total. The molecule has 4 aromatic carbocycles. The summed E-state index contributed by atoms with van der Waals surface area (Å²) in [6, 6.07) is 23.2. The Bertz CT molecular complexity index is 1630. The van der Waals surface area contributed by atoms with E-state index in [9.17, 15) is 24.5 Å². The average Bonchev–Trinajstić information content (AvgIpc) is 2.98. The number of rotatable bonds is 9. The number of hydrogen-bond acceptors (Lipinski definition) is 8. The summed E-state index contributed by atoms with van der Waals surface area (Å²) in [6.45, 7) is 1.93. The number of ether oxygens (including phenoxy) is 2. The van der Waals surface area contributed by atoms with E-state index in [0.29, 0.717) is 16.8 Å². The number of nitro benzene ring substituents is 1. The monoisotopic (exact) mass is 552 g/mol. The van der Waals surface area contributed by atoms with E-state index in [2.05, 4.69) is 15.8 Å². The van der Waals surface area contributed by atoms with Gasteiger partial charge in [0.25, 0.3) is 17.5 Å². The van der Waals surface area contributed by atoms with Gasteiger partial charge in [-0.1, -0.05) is 23.8 Å². The molecule has 0 aliphatic heterocycles. The van der Waals surface area contributed by atoms with Crippen LogP contribution in [-0.2, 0) is 0 Å². The predicted octanol–water partition coefficient (Wildman–Crippen LogP) is 5.15. The molecule has 0 aliphatic rings. The summed E-state index contributed by atoms with van der Waals surface area (Å²) in [7, 11) is 1.39. The number of carbonyl (C=O) groups is 3. The van der Waals surface area contributed by atoms with Crippen molar-refractivity contribution in [2.24, 2.45) is 5.10 Å². The summed E-state index contributed by atoms with van der Waals surface area (Å²) in [6.07, 6.45) is 1.38. The lowest BCUT2D eigenvalue weighted by atomic mass is 10.1. The number of nitrogens with one attached hydrogen (secondary N) is 2. The smallest absolute Gasteiger partial charge is 0.343 e. The Labute approximate surface area is 234 Å². The van der Waals surface area contributed by atoms with E-state index in [1.807, 2.05) is 19.1 Å². The standard InChI is InChI=1S/C30H24N4O7/c1-19-6-9-21(10-7-19)28(35)32-24-5-3-4-23(17-24)29(36)33-31-18-20-8-15-26(27(16-20)40-2)41-30(37)22-11-13-25(14-12-22)34(38)39/h3-18H,1-2H3,(H,32,35)(H,33,36). The van der Waals surface area contributed by atoms with Crippen LogP contribution >= 0.6 is 0 Å². The van der Waals surface area contributed by atoms with Crippen LogP contribution in [0.5, 0.6) is 11.5 Å². The fraction of sp³-hybridized carbons (Fsp3) is 0.0667. The minimum absolute atomic E-state index is 0.126. The van der Waals surface area contributed by atoms with E-state index in [1.54, 1.807) is 42.5 Å². The Morgan fingerprint density at radius 3 is 2.22 bits per heavy atom. The second kappa shape index (κ2) is 12.8. The minimum atomic E-state index is -0.718. The van der Waals surface area contributed by atoms with Crippen LogP contribution in [0.1, 0.15) is 42.2 Å². The zero-order chi connectivity index (χ0) is 29.4. The largest absolute Gasteiger partial charge is 0.493 e. The summed E-state index contributed by atoms with van der Waals surface area (Å²) < 4.78 is 10.7. The topological polar surface area (TPSA) is 149 Å². The fourth-order valence-electron chi connectivity index (χ4n) is 3.60. The highest BCUT2D eigenvalue weighted by Crippen LogP contribution is 2.28. The first-order valence-electron chi connectivity index (χ1n) is 12.2. The van der Waals surface area contributed by atoms with Crippen molar-refractivity contribution in [3.8, 4) is 11.5 Å². The number of hydrogen-bond donors (Lipinski definition) is 2. The van der Waals surface area contributed by atoms with Gasteiger partial charge in [0.2, 0.25) is 0 Å². The number of anilines is 1. The first-order chi connectivity index (χ1) is 19.7. The SMILES string of the molecule is COc1cc(C=NNC(=O)c2cccc(NC(=O)c3ccc(C)cc3)c2)ccc1OC(=O)c1ccc([N+](=O)[O-])cc1. The van der Waals surface area contributed by atoms with Gasteiger partial charge in [0.15, 0.2) is 11.5 Å². The van der Waals surface area contributed by atoms with Gasteiger partial charge in [-0.2, -0.15) is 5.10 Å². The number of nitrogens with zero attached hydrogens (tertiary/aromatic N) is 2. The maximum atomic E-state index is 12.6. The highest BCUT2D eigenvalue weighted by molar-refractivity contribution is 6.05. The summed E-state index contributed by atoms with van der Waals surface area (Å²) in [5, 5.41) is 17.5. The highest BCUT2D eigenvalue weighted by Gasteiger charge is 2.15. The summed E-state index contributed by atoms with van der Waals surface area (Å²) >= 11 is 0. The highest BCUT2D eigenvalue weighted by atomic mass is 16.6. The van der Waals surface area contributed by atoms with Crippen molar-refractivity contribution in [1.82, 2.24) is 5.43 Å². The van der Waals surface area contributed by atoms with Gasteiger partial charge in [0.05, 0.1) is 23.8 Å².